The van der Waals surface area contributed by atoms with Crippen molar-refractivity contribution in [3.63, 3.8) is 0 Å². The first-order chi connectivity index (χ1) is 6.47. The van der Waals surface area contributed by atoms with Crippen LogP contribution >= 0.6 is 0 Å². The second kappa shape index (κ2) is 3.92. The molecule has 0 aromatic heterocycles. The van der Waals surface area contributed by atoms with E-state index in [-0.39, 0.29) is 0 Å². The zero-order chi connectivity index (χ0) is 10.8. The Morgan fingerprint density at radius 3 is 2.57 bits per heavy atom. The molecule has 0 amide bonds. The molecule has 1 rings (SSSR count). The standard InChI is InChI=1S/C10H12F2O2/c1-7-2-3-9(14)8(6-7)10(11,12)4-5-13/h2-3,6,13-14H,4-5H2,1H3. The highest BCUT2D eigenvalue weighted by Crippen LogP contribution is 2.37. The number of phenolic OH excluding ortho intramolecular Hbond substituents is 1. The molecule has 0 spiro atoms. The van der Waals surface area contributed by atoms with E-state index in [9.17, 15) is 13.9 Å². The maximum atomic E-state index is 13.3. The molecule has 0 saturated carbocycles. The molecule has 0 unspecified atom stereocenters. The molecule has 2 N–H and O–H groups in total. The maximum Gasteiger partial charge on any atom is 0.279 e. The summed E-state index contributed by atoms with van der Waals surface area (Å²) in [4.78, 5) is 0. The third-order valence-electron chi connectivity index (χ3n) is 1.97. The van der Waals surface area contributed by atoms with Gasteiger partial charge in [-0.2, -0.15) is 0 Å². The van der Waals surface area contributed by atoms with Crippen molar-refractivity contribution in [3.05, 3.63) is 29.3 Å². The van der Waals surface area contributed by atoms with Gasteiger partial charge in [-0.3, -0.25) is 0 Å². The van der Waals surface area contributed by atoms with Crippen molar-refractivity contribution < 1.29 is 19.0 Å². The molecule has 78 valence electrons. The number of phenols is 1. The minimum absolute atomic E-state index is 0.424. The van der Waals surface area contributed by atoms with E-state index < -0.39 is 30.3 Å². The number of aromatic hydroxyl groups is 1. The van der Waals surface area contributed by atoms with Gasteiger partial charge in [0, 0.05) is 13.0 Å². The normalized spacial score (nSPS) is 11.7. The van der Waals surface area contributed by atoms with E-state index in [1.54, 1.807) is 13.0 Å². The van der Waals surface area contributed by atoms with Crippen molar-refractivity contribution in [1.29, 1.82) is 0 Å². The predicted octanol–water partition coefficient (Wildman–Crippen LogP) is 2.17. The second-order valence-corrected chi connectivity index (χ2v) is 3.20. The van der Waals surface area contributed by atoms with Crippen LogP contribution in [0.3, 0.4) is 0 Å². The molecule has 0 heterocycles. The lowest BCUT2D eigenvalue weighted by atomic mass is 10.0. The van der Waals surface area contributed by atoms with Gasteiger partial charge in [0.2, 0.25) is 0 Å². The van der Waals surface area contributed by atoms with E-state index in [0.717, 1.165) is 0 Å². The number of benzene rings is 1. The molecule has 2 nitrogen and oxygen atoms in total. The summed E-state index contributed by atoms with van der Waals surface area (Å²) in [5, 5.41) is 17.7. The number of alkyl halides is 2. The van der Waals surface area contributed by atoms with Crippen molar-refractivity contribution in [2.24, 2.45) is 0 Å². The Morgan fingerprint density at radius 1 is 1.36 bits per heavy atom. The van der Waals surface area contributed by atoms with Gasteiger partial charge in [-0.1, -0.05) is 11.6 Å². The first kappa shape index (κ1) is 10.9. The number of halogens is 2. The van der Waals surface area contributed by atoms with Crippen molar-refractivity contribution in [2.75, 3.05) is 6.61 Å². The third kappa shape index (κ3) is 2.20. The van der Waals surface area contributed by atoms with Crippen LogP contribution in [0.25, 0.3) is 0 Å². The molecule has 0 radical (unpaired) electrons. The Labute approximate surface area is 80.8 Å². The average molecular weight is 202 g/mol. The Bertz CT molecular complexity index is 324. The highest BCUT2D eigenvalue weighted by Gasteiger charge is 2.33. The molecule has 0 fully saturated rings. The molecule has 0 aliphatic heterocycles. The number of aliphatic hydroxyl groups excluding tert-OH is 1. The lowest BCUT2D eigenvalue weighted by Crippen LogP contribution is -2.15. The summed E-state index contributed by atoms with van der Waals surface area (Å²) in [6.07, 6.45) is -0.677. The van der Waals surface area contributed by atoms with Gasteiger partial charge in [0.15, 0.2) is 0 Å². The first-order valence-electron chi connectivity index (χ1n) is 4.26. The van der Waals surface area contributed by atoms with Gasteiger partial charge in [-0.25, -0.2) is 8.78 Å². The van der Waals surface area contributed by atoms with Crippen LogP contribution in [0.2, 0.25) is 0 Å². The fraction of sp³-hybridized carbons (Fsp3) is 0.400. The molecule has 0 saturated heterocycles. The van der Waals surface area contributed by atoms with E-state index in [0.29, 0.717) is 5.56 Å². The zero-order valence-corrected chi connectivity index (χ0v) is 7.80. The first-order valence-corrected chi connectivity index (χ1v) is 4.26. The molecule has 0 aliphatic rings. The van der Waals surface area contributed by atoms with E-state index in [2.05, 4.69) is 0 Å². The molecule has 0 aliphatic carbocycles. The number of rotatable bonds is 3. The van der Waals surface area contributed by atoms with Gasteiger partial charge in [0.25, 0.3) is 5.92 Å². The molecule has 0 bridgehead atoms. The fourth-order valence-corrected chi connectivity index (χ4v) is 1.22. The number of aryl methyl sites for hydroxylation is 1. The molecular formula is C10H12F2O2. The highest BCUT2D eigenvalue weighted by molar-refractivity contribution is 5.38. The molecule has 1 aromatic rings. The molecule has 14 heavy (non-hydrogen) atoms. The minimum Gasteiger partial charge on any atom is -0.507 e. The van der Waals surface area contributed by atoms with Crippen LogP contribution in [0.15, 0.2) is 18.2 Å². The number of aliphatic hydroxyl groups is 1. The van der Waals surface area contributed by atoms with Crippen molar-refractivity contribution in [2.45, 2.75) is 19.3 Å². The topological polar surface area (TPSA) is 40.5 Å². The predicted molar refractivity (Wildman–Crippen MR) is 48.4 cm³/mol. The average Bonchev–Trinajstić information content (AvgIpc) is 2.09. The summed E-state index contributed by atoms with van der Waals surface area (Å²) in [5.74, 6) is -3.61. The Hall–Kier alpha value is -1.16. The van der Waals surface area contributed by atoms with E-state index in [4.69, 9.17) is 5.11 Å². The molecular weight excluding hydrogens is 190 g/mol. The van der Waals surface area contributed by atoms with Crippen LogP contribution in [0.5, 0.6) is 5.75 Å². The van der Waals surface area contributed by atoms with Gasteiger partial charge in [-0.15, -0.1) is 0 Å². The van der Waals surface area contributed by atoms with Gasteiger partial charge in [-0.05, 0) is 19.1 Å². The quantitative estimate of drug-likeness (QED) is 0.788. The summed E-state index contributed by atoms with van der Waals surface area (Å²) >= 11 is 0. The van der Waals surface area contributed by atoms with Crippen LogP contribution in [0, 0.1) is 6.92 Å². The van der Waals surface area contributed by atoms with Gasteiger partial charge >= 0.3 is 0 Å². The van der Waals surface area contributed by atoms with Crippen LogP contribution in [0.4, 0.5) is 8.78 Å². The monoisotopic (exact) mass is 202 g/mol. The lowest BCUT2D eigenvalue weighted by molar-refractivity contribution is -0.0287. The zero-order valence-electron chi connectivity index (χ0n) is 7.80. The summed E-state index contributed by atoms with van der Waals surface area (Å²) in [7, 11) is 0. The smallest absolute Gasteiger partial charge is 0.279 e. The van der Waals surface area contributed by atoms with Crippen LogP contribution in [0.1, 0.15) is 17.5 Å². The largest absolute Gasteiger partial charge is 0.507 e. The van der Waals surface area contributed by atoms with Crippen molar-refractivity contribution in [1.82, 2.24) is 0 Å². The lowest BCUT2D eigenvalue weighted by Gasteiger charge is -2.17. The Balaban J connectivity index is 3.10. The summed E-state index contributed by atoms with van der Waals surface area (Å²) in [6, 6.07) is 4.01. The van der Waals surface area contributed by atoms with Crippen molar-refractivity contribution in [3.8, 4) is 5.75 Å². The molecule has 1 aromatic carbocycles. The van der Waals surface area contributed by atoms with Crippen molar-refractivity contribution >= 4 is 0 Å². The fourth-order valence-electron chi connectivity index (χ4n) is 1.22. The maximum absolute atomic E-state index is 13.3. The number of hydrogen-bond donors (Lipinski definition) is 2. The Morgan fingerprint density at radius 2 is 2.00 bits per heavy atom. The van der Waals surface area contributed by atoms with Gasteiger partial charge in [0.1, 0.15) is 5.75 Å². The minimum atomic E-state index is -3.18. The van der Waals surface area contributed by atoms with Gasteiger partial charge in [0.05, 0.1) is 5.56 Å². The van der Waals surface area contributed by atoms with E-state index in [1.807, 2.05) is 0 Å². The van der Waals surface area contributed by atoms with Crippen LogP contribution in [-0.2, 0) is 5.92 Å². The summed E-state index contributed by atoms with van der Waals surface area (Å²) < 4.78 is 26.6. The SMILES string of the molecule is Cc1ccc(O)c(C(F)(F)CCO)c1. The highest BCUT2D eigenvalue weighted by atomic mass is 19.3. The third-order valence-corrected chi connectivity index (χ3v) is 1.97. The summed E-state index contributed by atoms with van der Waals surface area (Å²) in [5.41, 5.74) is 0.224. The Kier molecular flexibility index (Phi) is 3.06. The van der Waals surface area contributed by atoms with Crippen LogP contribution in [-0.4, -0.2) is 16.8 Å². The number of hydrogen-bond acceptors (Lipinski definition) is 2. The molecule has 4 heteroatoms. The van der Waals surface area contributed by atoms with Crippen LogP contribution < -0.4 is 0 Å². The summed E-state index contributed by atoms with van der Waals surface area (Å²) in [6.45, 7) is 1.05. The van der Waals surface area contributed by atoms with E-state index >= 15 is 0 Å². The molecule has 0 atom stereocenters. The second-order valence-electron chi connectivity index (χ2n) is 3.20. The van der Waals surface area contributed by atoms with E-state index in [1.165, 1.54) is 12.1 Å². The van der Waals surface area contributed by atoms with Gasteiger partial charge < -0.3 is 10.2 Å².